The molecule has 144 valence electrons. The fourth-order valence-electron chi connectivity index (χ4n) is 3.52. The zero-order valence-corrected chi connectivity index (χ0v) is 15.6. The van der Waals surface area contributed by atoms with Crippen LogP contribution in [0.25, 0.3) is 0 Å². The first-order valence-electron chi connectivity index (χ1n) is 9.54. The average Bonchev–Trinajstić information content (AvgIpc) is 2.71. The number of halogens is 1. The second-order valence-electron chi connectivity index (χ2n) is 7.09. The van der Waals surface area contributed by atoms with Gasteiger partial charge in [-0.15, -0.1) is 0 Å². The van der Waals surface area contributed by atoms with Crippen molar-refractivity contribution in [3.05, 3.63) is 93.2 Å². The summed E-state index contributed by atoms with van der Waals surface area (Å²) in [6.45, 7) is 2.95. The monoisotopic (exact) mass is 378 g/mol. The summed E-state index contributed by atoms with van der Waals surface area (Å²) in [5.41, 5.74) is 3.83. The van der Waals surface area contributed by atoms with Crippen molar-refractivity contribution in [2.24, 2.45) is 0 Å². The lowest BCUT2D eigenvalue weighted by molar-refractivity contribution is 0.242. The Morgan fingerprint density at radius 2 is 1.86 bits per heavy atom. The van der Waals surface area contributed by atoms with Gasteiger partial charge in [0.05, 0.1) is 11.3 Å². The molecule has 0 saturated carbocycles. The number of nitrogens with one attached hydrogen (secondary N) is 2. The maximum absolute atomic E-state index is 13.0. The van der Waals surface area contributed by atoms with Gasteiger partial charge in [0.2, 0.25) is 5.95 Å². The van der Waals surface area contributed by atoms with Crippen LogP contribution in [0.3, 0.4) is 0 Å². The number of H-pyrrole nitrogens is 1. The maximum Gasteiger partial charge on any atom is 0.257 e. The van der Waals surface area contributed by atoms with Crippen LogP contribution in [0.2, 0.25) is 0 Å². The van der Waals surface area contributed by atoms with Gasteiger partial charge in [0.1, 0.15) is 5.82 Å². The second-order valence-corrected chi connectivity index (χ2v) is 7.09. The molecule has 0 spiro atoms. The Balaban J connectivity index is 1.38. The number of benzene rings is 2. The van der Waals surface area contributed by atoms with Gasteiger partial charge in [-0.25, -0.2) is 9.37 Å². The van der Waals surface area contributed by atoms with E-state index in [2.05, 4.69) is 32.3 Å². The van der Waals surface area contributed by atoms with E-state index in [0.717, 1.165) is 42.8 Å². The summed E-state index contributed by atoms with van der Waals surface area (Å²) in [6, 6.07) is 16.7. The zero-order valence-electron chi connectivity index (χ0n) is 15.6. The van der Waals surface area contributed by atoms with E-state index in [4.69, 9.17) is 0 Å². The minimum absolute atomic E-state index is 0.0768. The Bertz CT molecular complexity index is 986. The van der Waals surface area contributed by atoms with Crippen molar-refractivity contribution >= 4 is 5.95 Å². The van der Waals surface area contributed by atoms with Crippen LogP contribution in [0.5, 0.6) is 0 Å². The minimum atomic E-state index is -0.237. The largest absolute Gasteiger partial charge is 0.355 e. The third kappa shape index (κ3) is 4.46. The van der Waals surface area contributed by atoms with Gasteiger partial charge in [-0.1, -0.05) is 42.5 Å². The number of nitrogens with zero attached hydrogens (tertiary/aromatic N) is 2. The number of hydrogen-bond acceptors (Lipinski definition) is 4. The van der Waals surface area contributed by atoms with E-state index in [1.54, 1.807) is 12.1 Å². The summed E-state index contributed by atoms with van der Waals surface area (Å²) in [5.74, 6) is 0.265. The number of aromatic amines is 1. The van der Waals surface area contributed by atoms with Gasteiger partial charge >= 0.3 is 0 Å². The van der Waals surface area contributed by atoms with E-state index < -0.39 is 0 Å². The van der Waals surface area contributed by atoms with Crippen LogP contribution < -0.4 is 10.9 Å². The van der Waals surface area contributed by atoms with Crippen LogP contribution >= 0.6 is 0 Å². The highest BCUT2D eigenvalue weighted by Gasteiger charge is 2.21. The lowest BCUT2D eigenvalue weighted by Gasteiger charge is -2.27. The third-order valence-corrected chi connectivity index (χ3v) is 5.02. The summed E-state index contributed by atoms with van der Waals surface area (Å²) in [7, 11) is 0. The van der Waals surface area contributed by atoms with Gasteiger partial charge in [0.25, 0.3) is 5.56 Å². The highest BCUT2D eigenvalue weighted by Crippen LogP contribution is 2.17. The summed E-state index contributed by atoms with van der Waals surface area (Å²) in [6.07, 6.45) is 1.49. The van der Waals surface area contributed by atoms with Gasteiger partial charge in [0.15, 0.2) is 0 Å². The molecule has 1 aliphatic rings. The molecule has 4 rings (SSSR count). The molecule has 0 unspecified atom stereocenters. The Hall–Kier alpha value is -2.99. The van der Waals surface area contributed by atoms with Gasteiger partial charge in [-0.3, -0.25) is 14.7 Å². The SMILES string of the molecule is O=c1[nH]c(NCCc2ccc(F)cc2)nc2c1CN(Cc1ccccc1)CC2. The summed E-state index contributed by atoms with van der Waals surface area (Å²) >= 11 is 0. The smallest absolute Gasteiger partial charge is 0.257 e. The summed E-state index contributed by atoms with van der Waals surface area (Å²) in [5, 5.41) is 3.18. The Morgan fingerprint density at radius 1 is 1.07 bits per heavy atom. The zero-order chi connectivity index (χ0) is 19.3. The molecule has 5 nitrogen and oxygen atoms in total. The first-order chi connectivity index (χ1) is 13.7. The molecule has 0 aliphatic carbocycles. The predicted octanol–water partition coefficient (Wildman–Crippen LogP) is 3.12. The Kier molecular flexibility index (Phi) is 5.48. The number of rotatable bonds is 6. The lowest BCUT2D eigenvalue weighted by atomic mass is 10.1. The Morgan fingerprint density at radius 3 is 2.64 bits per heavy atom. The van der Waals surface area contributed by atoms with E-state index >= 15 is 0 Å². The van der Waals surface area contributed by atoms with E-state index in [9.17, 15) is 9.18 Å². The molecule has 0 radical (unpaired) electrons. The molecule has 3 aromatic rings. The third-order valence-electron chi connectivity index (χ3n) is 5.02. The van der Waals surface area contributed by atoms with Gasteiger partial charge < -0.3 is 5.32 Å². The molecule has 2 N–H and O–H groups in total. The minimum Gasteiger partial charge on any atom is -0.355 e. The number of aromatic nitrogens is 2. The first-order valence-corrected chi connectivity index (χ1v) is 9.54. The summed E-state index contributed by atoms with van der Waals surface area (Å²) < 4.78 is 13.0. The molecule has 0 amide bonds. The van der Waals surface area contributed by atoms with Crippen molar-refractivity contribution in [3.8, 4) is 0 Å². The van der Waals surface area contributed by atoms with Crippen molar-refractivity contribution < 1.29 is 4.39 Å². The van der Waals surface area contributed by atoms with Crippen LogP contribution in [-0.4, -0.2) is 28.0 Å². The molecule has 2 heterocycles. The molecule has 0 saturated heterocycles. The van der Waals surface area contributed by atoms with Crippen LogP contribution in [0.4, 0.5) is 10.3 Å². The number of fused-ring (bicyclic) bond motifs is 1. The van der Waals surface area contributed by atoms with Crippen molar-refractivity contribution in [1.29, 1.82) is 0 Å². The van der Waals surface area contributed by atoms with Crippen LogP contribution in [0.1, 0.15) is 22.4 Å². The normalized spacial score (nSPS) is 13.9. The second kappa shape index (κ2) is 8.35. The quantitative estimate of drug-likeness (QED) is 0.692. The molecule has 0 atom stereocenters. The highest BCUT2D eigenvalue weighted by molar-refractivity contribution is 5.32. The molecule has 28 heavy (non-hydrogen) atoms. The van der Waals surface area contributed by atoms with E-state index in [1.165, 1.54) is 17.7 Å². The summed E-state index contributed by atoms with van der Waals surface area (Å²) in [4.78, 5) is 22.3. The molecular formula is C22H23FN4O. The van der Waals surface area contributed by atoms with E-state index in [-0.39, 0.29) is 11.4 Å². The van der Waals surface area contributed by atoms with Gasteiger partial charge in [-0.2, -0.15) is 0 Å². The van der Waals surface area contributed by atoms with Crippen LogP contribution in [0, 0.1) is 5.82 Å². The van der Waals surface area contributed by atoms with Gasteiger partial charge in [0, 0.05) is 32.6 Å². The molecule has 1 aromatic heterocycles. The number of hydrogen-bond donors (Lipinski definition) is 2. The fraction of sp³-hybridized carbons (Fsp3) is 0.273. The van der Waals surface area contributed by atoms with Crippen molar-refractivity contribution in [2.45, 2.75) is 25.9 Å². The van der Waals surface area contributed by atoms with E-state index in [1.807, 2.05) is 18.2 Å². The molecule has 0 bridgehead atoms. The predicted molar refractivity (Wildman–Crippen MR) is 108 cm³/mol. The highest BCUT2D eigenvalue weighted by atomic mass is 19.1. The molecular weight excluding hydrogens is 355 g/mol. The maximum atomic E-state index is 13.0. The lowest BCUT2D eigenvalue weighted by Crippen LogP contribution is -2.35. The first kappa shape index (κ1) is 18.4. The average molecular weight is 378 g/mol. The molecule has 2 aromatic carbocycles. The topological polar surface area (TPSA) is 61.0 Å². The van der Waals surface area contributed by atoms with Crippen molar-refractivity contribution in [2.75, 3.05) is 18.4 Å². The number of anilines is 1. The Labute approximate surface area is 163 Å². The van der Waals surface area contributed by atoms with Gasteiger partial charge in [-0.05, 0) is 29.7 Å². The van der Waals surface area contributed by atoms with E-state index in [0.29, 0.717) is 19.0 Å². The van der Waals surface area contributed by atoms with Crippen LogP contribution in [0.15, 0.2) is 59.4 Å². The molecule has 1 aliphatic heterocycles. The molecule has 0 fully saturated rings. The fourth-order valence-corrected chi connectivity index (χ4v) is 3.52. The standard InChI is InChI=1S/C22H23FN4O/c23-18-8-6-16(7-9-18)10-12-24-22-25-20-11-13-27(15-19(20)21(28)26-22)14-17-4-2-1-3-5-17/h1-9H,10-15H2,(H2,24,25,26,28). The van der Waals surface area contributed by atoms with Crippen LogP contribution in [-0.2, 0) is 25.9 Å². The van der Waals surface area contributed by atoms with Crippen molar-refractivity contribution in [1.82, 2.24) is 14.9 Å². The molecule has 6 heteroatoms. The van der Waals surface area contributed by atoms with Crippen molar-refractivity contribution in [3.63, 3.8) is 0 Å².